The third-order valence-electron chi connectivity index (χ3n) is 5.39. The van der Waals surface area contributed by atoms with Crippen LogP contribution in [0.25, 0.3) is 17.0 Å². The average molecular weight is 431 g/mol. The Kier molecular flexibility index (Phi) is 4.89. The van der Waals surface area contributed by atoms with Crippen LogP contribution in [-0.2, 0) is 11.3 Å². The standard InChI is InChI=1S/C25H19ClN2OS/c1-16-20(14-24-25(29)27-21-7-3-5-9-23(21)30-24)19-6-2-4-8-22(19)28(16)15-17-10-12-18(26)13-11-17/h2-14H,15H2,1H3,(H,27,29)/b24-14-. The van der Waals surface area contributed by atoms with Crippen LogP contribution in [-0.4, -0.2) is 10.5 Å². The molecule has 1 aliphatic heterocycles. The smallest absolute Gasteiger partial charge is 0.262 e. The lowest BCUT2D eigenvalue weighted by molar-refractivity contribution is -0.112. The predicted octanol–water partition coefficient (Wildman–Crippen LogP) is 6.74. The summed E-state index contributed by atoms with van der Waals surface area (Å²) in [5.41, 5.74) is 5.41. The third kappa shape index (κ3) is 3.42. The topological polar surface area (TPSA) is 34.0 Å². The van der Waals surface area contributed by atoms with Gasteiger partial charge in [0.15, 0.2) is 0 Å². The van der Waals surface area contributed by atoms with Gasteiger partial charge in [0.1, 0.15) is 0 Å². The highest BCUT2D eigenvalue weighted by Crippen LogP contribution is 2.40. The average Bonchev–Trinajstić information content (AvgIpc) is 3.02. The van der Waals surface area contributed by atoms with E-state index >= 15 is 0 Å². The zero-order valence-corrected chi connectivity index (χ0v) is 17.9. The Hall–Kier alpha value is -2.95. The van der Waals surface area contributed by atoms with Crippen LogP contribution in [0.15, 0.2) is 82.6 Å². The fourth-order valence-corrected chi connectivity index (χ4v) is 4.91. The molecule has 0 saturated heterocycles. The summed E-state index contributed by atoms with van der Waals surface area (Å²) in [5.74, 6) is -0.0624. The van der Waals surface area contributed by atoms with Crippen molar-refractivity contribution in [2.45, 2.75) is 18.4 Å². The number of thioether (sulfide) groups is 1. The second kappa shape index (κ2) is 7.71. The lowest BCUT2D eigenvalue weighted by Crippen LogP contribution is -2.17. The van der Waals surface area contributed by atoms with E-state index in [0.29, 0.717) is 4.91 Å². The highest BCUT2D eigenvalue weighted by molar-refractivity contribution is 8.04. The van der Waals surface area contributed by atoms with Gasteiger partial charge in [-0.15, -0.1) is 0 Å². The maximum Gasteiger partial charge on any atom is 0.262 e. The van der Waals surface area contributed by atoms with E-state index in [1.165, 1.54) is 17.3 Å². The van der Waals surface area contributed by atoms with E-state index in [0.717, 1.165) is 44.3 Å². The Morgan fingerprint density at radius 3 is 2.57 bits per heavy atom. The van der Waals surface area contributed by atoms with Gasteiger partial charge in [-0.25, -0.2) is 0 Å². The Balaban J connectivity index is 1.60. The van der Waals surface area contributed by atoms with E-state index in [4.69, 9.17) is 11.6 Å². The van der Waals surface area contributed by atoms with Crippen LogP contribution in [0, 0.1) is 6.92 Å². The molecular formula is C25H19ClN2OS. The number of aromatic nitrogens is 1. The minimum Gasteiger partial charge on any atom is -0.340 e. The molecule has 1 aliphatic rings. The molecule has 1 N–H and O–H groups in total. The number of anilines is 1. The van der Waals surface area contributed by atoms with Crippen molar-refractivity contribution in [3.05, 3.63) is 99.5 Å². The van der Waals surface area contributed by atoms with Gasteiger partial charge in [0.2, 0.25) is 0 Å². The molecule has 5 heteroatoms. The Morgan fingerprint density at radius 1 is 1.00 bits per heavy atom. The molecule has 4 aromatic rings. The van der Waals surface area contributed by atoms with Gasteiger partial charge in [-0.3, -0.25) is 4.79 Å². The molecule has 0 aliphatic carbocycles. The lowest BCUT2D eigenvalue weighted by Gasteiger charge is -2.18. The number of nitrogens with zero attached hydrogens (tertiary/aromatic N) is 1. The molecular weight excluding hydrogens is 412 g/mol. The summed E-state index contributed by atoms with van der Waals surface area (Å²) in [4.78, 5) is 14.5. The molecule has 3 nitrogen and oxygen atoms in total. The highest BCUT2D eigenvalue weighted by Gasteiger charge is 2.22. The zero-order chi connectivity index (χ0) is 20.7. The lowest BCUT2D eigenvalue weighted by atomic mass is 10.1. The molecule has 5 rings (SSSR count). The van der Waals surface area contributed by atoms with E-state index in [-0.39, 0.29) is 5.91 Å². The summed E-state index contributed by atoms with van der Waals surface area (Å²) < 4.78 is 2.30. The Labute approximate surface area is 184 Å². The summed E-state index contributed by atoms with van der Waals surface area (Å²) in [5, 5.41) is 4.88. The predicted molar refractivity (Wildman–Crippen MR) is 126 cm³/mol. The summed E-state index contributed by atoms with van der Waals surface area (Å²) in [6.45, 7) is 2.86. The number of hydrogen-bond acceptors (Lipinski definition) is 2. The monoisotopic (exact) mass is 430 g/mol. The van der Waals surface area contributed by atoms with Gasteiger partial charge in [-0.2, -0.15) is 0 Å². The molecule has 2 heterocycles. The van der Waals surface area contributed by atoms with Crippen LogP contribution in [0.2, 0.25) is 5.02 Å². The molecule has 1 amide bonds. The number of benzene rings is 3. The van der Waals surface area contributed by atoms with Gasteiger partial charge < -0.3 is 9.88 Å². The second-order valence-electron chi connectivity index (χ2n) is 7.29. The van der Waals surface area contributed by atoms with Crippen molar-refractivity contribution in [3.63, 3.8) is 0 Å². The number of amides is 1. The molecule has 148 valence electrons. The number of halogens is 1. The minimum atomic E-state index is -0.0624. The van der Waals surface area contributed by atoms with Gasteiger partial charge in [0.25, 0.3) is 5.91 Å². The van der Waals surface area contributed by atoms with Crippen molar-refractivity contribution in [1.29, 1.82) is 0 Å². The maximum absolute atomic E-state index is 12.7. The first-order valence-electron chi connectivity index (χ1n) is 9.72. The quantitative estimate of drug-likeness (QED) is 0.365. The highest BCUT2D eigenvalue weighted by atomic mass is 35.5. The number of hydrogen-bond donors (Lipinski definition) is 1. The Morgan fingerprint density at radius 2 is 1.73 bits per heavy atom. The summed E-state index contributed by atoms with van der Waals surface area (Å²) >= 11 is 7.57. The van der Waals surface area contributed by atoms with Gasteiger partial charge >= 0.3 is 0 Å². The van der Waals surface area contributed by atoms with E-state index in [1.807, 2.05) is 48.5 Å². The van der Waals surface area contributed by atoms with E-state index in [1.54, 1.807) is 0 Å². The first-order chi connectivity index (χ1) is 14.6. The number of nitrogens with one attached hydrogen (secondary N) is 1. The van der Waals surface area contributed by atoms with E-state index < -0.39 is 0 Å². The second-order valence-corrected chi connectivity index (χ2v) is 8.81. The molecule has 0 radical (unpaired) electrons. The van der Waals surface area contributed by atoms with Crippen LogP contribution in [0.1, 0.15) is 16.8 Å². The molecule has 0 fully saturated rings. The SMILES string of the molecule is Cc1c(/C=C2\Sc3ccccc3NC2=O)c2ccccc2n1Cc1ccc(Cl)cc1. The first-order valence-corrected chi connectivity index (χ1v) is 10.9. The minimum absolute atomic E-state index is 0.0624. The number of fused-ring (bicyclic) bond motifs is 2. The molecule has 0 bridgehead atoms. The molecule has 0 atom stereocenters. The number of rotatable bonds is 3. The van der Waals surface area contributed by atoms with Crippen molar-refractivity contribution in [1.82, 2.24) is 4.57 Å². The molecule has 0 unspecified atom stereocenters. The first kappa shape index (κ1) is 19.0. The Bertz CT molecular complexity index is 1300. The molecule has 1 aromatic heterocycles. The maximum atomic E-state index is 12.7. The van der Waals surface area contributed by atoms with Crippen molar-refractivity contribution in [2.24, 2.45) is 0 Å². The summed E-state index contributed by atoms with van der Waals surface area (Å²) in [7, 11) is 0. The largest absolute Gasteiger partial charge is 0.340 e. The molecule has 0 saturated carbocycles. The van der Waals surface area contributed by atoms with E-state index in [2.05, 4.69) is 47.1 Å². The molecule has 30 heavy (non-hydrogen) atoms. The molecule has 3 aromatic carbocycles. The van der Waals surface area contributed by atoms with Gasteiger partial charge in [0, 0.05) is 38.6 Å². The number of carbonyl (C=O) groups excluding carboxylic acids is 1. The van der Waals surface area contributed by atoms with Crippen LogP contribution >= 0.6 is 23.4 Å². The summed E-state index contributed by atoms with van der Waals surface area (Å²) in [6, 6.07) is 24.2. The normalized spacial score (nSPS) is 14.7. The van der Waals surface area contributed by atoms with Gasteiger partial charge in [-0.05, 0) is 48.9 Å². The van der Waals surface area contributed by atoms with Crippen LogP contribution < -0.4 is 5.32 Å². The number of carbonyl (C=O) groups is 1. The van der Waals surface area contributed by atoms with Crippen LogP contribution in [0.5, 0.6) is 0 Å². The van der Waals surface area contributed by atoms with Gasteiger partial charge in [0.05, 0.1) is 10.6 Å². The third-order valence-corrected chi connectivity index (χ3v) is 6.74. The van der Waals surface area contributed by atoms with Crippen molar-refractivity contribution in [2.75, 3.05) is 5.32 Å². The summed E-state index contributed by atoms with van der Waals surface area (Å²) in [6.07, 6.45) is 2.02. The number of para-hydroxylation sites is 2. The zero-order valence-electron chi connectivity index (χ0n) is 16.4. The van der Waals surface area contributed by atoms with Crippen LogP contribution in [0.3, 0.4) is 0 Å². The van der Waals surface area contributed by atoms with Crippen LogP contribution in [0.4, 0.5) is 5.69 Å². The van der Waals surface area contributed by atoms with Crippen molar-refractivity contribution >= 4 is 51.9 Å². The van der Waals surface area contributed by atoms with Gasteiger partial charge in [-0.1, -0.05) is 65.8 Å². The molecule has 0 spiro atoms. The fraction of sp³-hybridized carbons (Fsp3) is 0.0800. The van der Waals surface area contributed by atoms with Crippen molar-refractivity contribution in [3.8, 4) is 0 Å². The fourth-order valence-electron chi connectivity index (χ4n) is 3.85. The van der Waals surface area contributed by atoms with E-state index in [9.17, 15) is 4.79 Å². The van der Waals surface area contributed by atoms with Crippen molar-refractivity contribution < 1.29 is 4.79 Å².